The summed E-state index contributed by atoms with van der Waals surface area (Å²) in [6.45, 7) is 1.62. The second kappa shape index (κ2) is 5.62. The molecule has 94 valence electrons. The molecule has 0 saturated carbocycles. The average Bonchev–Trinajstić information content (AvgIpc) is 2.39. The van der Waals surface area contributed by atoms with Gasteiger partial charge in [-0.3, -0.25) is 0 Å². The third-order valence-corrected chi connectivity index (χ3v) is 2.55. The van der Waals surface area contributed by atoms with Crippen LogP contribution in [-0.4, -0.2) is 15.2 Å². The lowest BCUT2D eigenvalue weighted by Crippen LogP contribution is -1.98. The SMILES string of the molecule is CC(O)c1cccnc1Oc1cccc(CO)c1. The van der Waals surface area contributed by atoms with Crippen LogP contribution in [0.5, 0.6) is 11.6 Å². The van der Waals surface area contributed by atoms with Crippen molar-refractivity contribution < 1.29 is 14.9 Å². The summed E-state index contributed by atoms with van der Waals surface area (Å²) < 4.78 is 5.63. The Morgan fingerprint density at radius 2 is 2.11 bits per heavy atom. The normalized spacial score (nSPS) is 12.2. The molecule has 2 N–H and O–H groups in total. The molecule has 0 fully saturated rings. The van der Waals surface area contributed by atoms with Crippen molar-refractivity contribution in [2.45, 2.75) is 19.6 Å². The van der Waals surface area contributed by atoms with Gasteiger partial charge in [0.25, 0.3) is 0 Å². The molecule has 1 aromatic heterocycles. The molecule has 4 nitrogen and oxygen atoms in total. The molecule has 1 aromatic carbocycles. The molecule has 2 aromatic rings. The number of aromatic nitrogens is 1. The van der Waals surface area contributed by atoms with E-state index >= 15 is 0 Å². The van der Waals surface area contributed by atoms with E-state index < -0.39 is 6.10 Å². The molecule has 4 heteroatoms. The smallest absolute Gasteiger partial charge is 0.225 e. The zero-order chi connectivity index (χ0) is 13.0. The van der Waals surface area contributed by atoms with E-state index in [-0.39, 0.29) is 6.61 Å². The fourth-order valence-electron chi connectivity index (χ4n) is 1.63. The van der Waals surface area contributed by atoms with Crippen LogP contribution in [-0.2, 0) is 6.61 Å². The number of hydrogen-bond donors (Lipinski definition) is 2. The lowest BCUT2D eigenvalue weighted by Gasteiger charge is -2.11. The Hall–Kier alpha value is -1.91. The number of ether oxygens (including phenoxy) is 1. The fraction of sp³-hybridized carbons (Fsp3) is 0.214. The van der Waals surface area contributed by atoms with Gasteiger partial charge in [0, 0.05) is 11.8 Å². The Balaban J connectivity index is 2.28. The number of benzene rings is 1. The van der Waals surface area contributed by atoms with Crippen LogP contribution in [0.15, 0.2) is 42.6 Å². The first-order valence-electron chi connectivity index (χ1n) is 5.71. The van der Waals surface area contributed by atoms with Gasteiger partial charge in [0.2, 0.25) is 5.88 Å². The lowest BCUT2D eigenvalue weighted by atomic mass is 10.2. The van der Waals surface area contributed by atoms with Gasteiger partial charge in [-0.2, -0.15) is 0 Å². The van der Waals surface area contributed by atoms with E-state index in [0.717, 1.165) is 5.56 Å². The minimum Gasteiger partial charge on any atom is -0.439 e. The van der Waals surface area contributed by atoms with Crippen molar-refractivity contribution >= 4 is 0 Å². The van der Waals surface area contributed by atoms with E-state index in [9.17, 15) is 5.11 Å². The van der Waals surface area contributed by atoms with E-state index in [1.807, 2.05) is 0 Å². The average molecular weight is 245 g/mol. The summed E-state index contributed by atoms with van der Waals surface area (Å²) in [5.41, 5.74) is 1.40. The van der Waals surface area contributed by atoms with Gasteiger partial charge in [-0.15, -0.1) is 0 Å². The van der Waals surface area contributed by atoms with Gasteiger partial charge in [-0.25, -0.2) is 4.98 Å². The van der Waals surface area contributed by atoms with Crippen LogP contribution in [0, 0.1) is 0 Å². The highest BCUT2D eigenvalue weighted by Gasteiger charge is 2.10. The van der Waals surface area contributed by atoms with Crippen molar-refractivity contribution in [3.8, 4) is 11.6 Å². The van der Waals surface area contributed by atoms with E-state index in [4.69, 9.17) is 9.84 Å². The van der Waals surface area contributed by atoms with E-state index in [0.29, 0.717) is 17.2 Å². The lowest BCUT2D eigenvalue weighted by molar-refractivity contribution is 0.194. The third-order valence-electron chi connectivity index (χ3n) is 2.55. The molecule has 0 bridgehead atoms. The Labute approximate surface area is 106 Å². The van der Waals surface area contributed by atoms with Crippen LogP contribution in [0.3, 0.4) is 0 Å². The standard InChI is InChI=1S/C14H15NO3/c1-10(17)13-6-3-7-15-14(13)18-12-5-2-4-11(8-12)9-16/h2-8,10,16-17H,9H2,1H3. The number of aliphatic hydroxyl groups is 2. The van der Waals surface area contributed by atoms with Crippen molar-refractivity contribution in [1.82, 2.24) is 4.98 Å². The summed E-state index contributed by atoms with van der Waals surface area (Å²) >= 11 is 0. The van der Waals surface area contributed by atoms with Crippen molar-refractivity contribution in [3.05, 3.63) is 53.7 Å². The molecule has 1 unspecified atom stereocenters. The van der Waals surface area contributed by atoms with Crippen molar-refractivity contribution in [1.29, 1.82) is 0 Å². The number of rotatable bonds is 4. The third kappa shape index (κ3) is 2.85. The summed E-state index contributed by atoms with van der Waals surface area (Å²) in [5.74, 6) is 0.963. The first-order chi connectivity index (χ1) is 8.70. The van der Waals surface area contributed by atoms with Crippen molar-refractivity contribution in [2.24, 2.45) is 0 Å². The molecule has 0 spiro atoms. The largest absolute Gasteiger partial charge is 0.439 e. The first kappa shape index (κ1) is 12.5. The van der Waals surface area contributed by atoms with Gasteiger partial charge in [-0.05, 0) is 36.8 Å². The monoisotopic (exact) mass is 245 g/mol. The molecule has 0 aliphatic rings. The Morgan fingerprint density at radius 1 is 1.28 bits per heavy atom. The minimum atomic E-state index is -0.644. The molecule has 1 heterocycles. The second-order valence-corrected chi connectivity index (χ2v) is 3.98. The quantitative estimate of drug-likeness (QED) is 0.868. The topological polar surface area (TPSA) is 62.6 Å². The van der Waals surface area contributed by atoms with E-state index in [1.165, 1.54) is 0 Å². The number of aliphatic hydroxyl groups excluding tert-OH is 2. The molecular weight excluding hydrogens is 230 g/mol. The summed E-state index contributed by atoms with van der Waals surface area (Å²) in [7, 11) is 0. The summed E-state index contributed by atoms with van der Waals surface area (Å²) in [5, 5.41) is 18.7. The summed E-state index contributed by atoms with van der Waals surface area (Å²) in [4.78, 5) is 4.11. The minimum absolute atomic E-state index is 0.0390. The summed E-state index contributed by atoms with van der Waals surface area (Å²) in [6.07, 6.45) is 0.964. The maximum absolute atomic E-state index is 9.62. The maximum Gasteiger partial charge on any atom is 0.225 e. The molecule has 0 saturated heterocycles. The van der Waals surface area contributed by atoms with Crippen molar-refractivity contribution in [2.75, 3.05) is 0 Å². The van der Waals surface area contributed by atoms with Crippen LogP contribution in [0.4, 0.5) is 0 Å². The van der Waals surface area contributed by atoms with Crippen LogP contribution in [0.1, 0.15) is 24.2 Å². The van der Waals surface area contributed by atoms with Crippen LogP contribution in [0.25, 0.3) is 0 Å². The van der Waals surface area contributed by atoms with Crippen LogP contribution >= 0.6 is 0 Å². The molecule has 0 aliphatic carbocycles. The zero-order valence-electron chi connectivity index (χ0n) is 10.1. The Morgan fingerprint density at radius 3 is 2.83 bits per heavy atom. The predicted molar refractivity (Wildman–Crippen MR) is 67.3 cm³/mol. The highest BCUT2D eigenvalue weighted by Crippen LogP contribution is 2.27. The van der Waals surface area contributed by atoms with Gasteiger partial charge in [0.15, 0.2) is 0 Å². The number of nitrogens with zero attached hydrogens (tertiary/aromatic N) is 1. The van der Waals surface area contributed by atoms with Crippen LogP contribution < -0.4 is 4.74 Å². The number of hydrogen-bond acceptors (Lipinski definition) is 4. The van der Waals surface area contributed by atoms with Gasteiger partial charge in [-0.1, -0.05) is 12.1 Å². The molecule has 0 amide bonds. The predicted octanol–water partition coefficient (Wildman–Crippen LogP) is 2.42. The number of pyridine rings is 1. The molecule has 0 aliphatic heterocycles. The zero-order valence-corrected chi connectivity index (χ0v) is 10.1. The molecule has 18 heavy (non-hydrogen) atoms. The molecule has 1 atom stereocenters. The first-order valence-corrected chi connectivity index (χ1v) is 5.71. The Kier molecular flexibility index (Phi) is 3.92. The summed E-state index contributed by atoms with van der Waals surface area (Å²) in [6, 6.07) is 10.6. The molecule has 2 rings (SSSR count). The second-order valence-electron chi connectivity index (χ2n) is 3.98. The van der Waals surface area contributed by atoms with E-state index in [1.54, 1.807) is 49.5 Å². The Bertz CT molecular complexity index is 526. The highest BCUT2D eigenvalue weighted by molar-refractivity contribution is 5.35. The van der Waals surface area contributed by atoms with Crippen LogP contribution in [0.2, 0.25) is 0 Å². The molecule has 0 radical (unpaired) electrons. The molecular formula is C14H15NO3. The fourth-order valence-corrected chi connectivity index (χ4v) is 1.63. The van der Waals surface area contributed by atoms with Gasteiger partial charge in [0.1, 0.15) is 5.75 Å². The van der Waals surface area contributed by atoms with Gasteiger partial charge < -0.3 is 14.9 Å². The van der Waals surface area contributed by atoms with Gasteiger partial charge >= 0.3 is 0 Å². The van der Waals surface area contributed by atoms with E-state index in [2.05, 4.69) is 4.98 Å². The maximum atomic E-state index is 9.62. The van der Waals surface area contributed by atoms with Crippen molar-refractivity contribution in [3.63, 3.8) is 0 Å². The van der Waals surface area contributed by atoms with Gasteiger partial charge in [0.05, 0.1) is 12.7 Å². The highest BCUT2D eigenvalue weighted by atomic mass is 16.5.